The van der Waals surface area contributed by atoms with E-state index in [1.54, 1.807) is 13.0 Å². The van der Waals surface area contributed by atoms with Crippen LogP contribution in [-0.4, -0.2) is 55.7 Å². The van der Waals surface area contributed by atoms with Crippen molar-refractivity contribution in [3.05, 3.63) is 53.1 Å². The van der Waals surface area contributed by atoms with Crippen LogP contribution in [0.15, 0.2) is 36.4 Å². The SMILES string of the molecule is CC(C)Cc1cccc(-c2ccc(O)c3c2C[C@]2(C)C[C@]4(C)[C@@H](C(C)C)C(O)[C@@H](C(N)=O)C(=O)[C@]4(O)C(O)[C@H]2C3=O)c1. The molecule has 2 aromatic rings. The highest BCUT2D eigenvalue weighted by molar-refractivity contribution is 6.09. The number of amides is 1. The first kappa shape index (κ1) is 30.4. The molecule has 0 saturated heterocycles. The number of ketones is 2. The van der Waals surface area contributed by atoms with E-state index in [9.17, 15) is 34.8 Å². The van der Waals surface area contributed by atoms with E-state index in [1.165, 1.54) is 6.07 Å². The number of aromatic hydroxyl groups is 1. The van der Waals surface area contributed by atoms with Gasteiger partial charge in [-0.2, -0.15) is 0 Å². The molecule has 8 heteroatoms. The zero-order valence-electron chi connectivity index (χ0n) is 25.2. The third-order valence-electron chi connectivity index (χ3n) is 10.5. The van der Waals surface area contributed by atoms with Crippen LogP contribution >= 0.6 is 0 Å². The van der Waals surface area contributed by atoms with Gasteiger partial charge in [0.25, 0.3) is 0 Å². The van der Waals surface area contributed by atoms with Crippen LogP contribution in [0.1, 0.15) is 69.4 Å². The Bertz CT molecular complexity index is 1470. The van der Waals surface area contributed by atoms with E-state index >= 15 is 0 Å². The molecule has 0 aromatic heterocycles. The average Bonchev–Trinajstić information content (AvgIpc) is 2.85. The van der Waals surface area contributed by atoms with Crippen molar-refractivity contribution in [1.82, 2.24) is 0 Å². The van der Waals surface area contributed by atoms with Gasteiger partial charge in [-0.15, -0.1) is 0 Å². The number of hydrogen-bond acceptors (Lipinski definition) is 7. The molecule has 2 saturated carbocycles. The lowest BCUT2D eigenvalue weighted by Crippen LogP contribution is -2.79. The predicted octanol–water partition coefficient (Wildman–Crippen LogP) is 3.44. The highest BCUT2D eigenvalue weighted by Gasteiger charge is 2.75. The number of rotatable bonds is 5. The minimum Gasteiger partial charge on any atom is -0.507 e. The number of benzene rings is 2. The number of carbonyl (C=O) groups excluding carboxylic acids is 3. The normalized spacial score (nSPS) is 36.0. The van der Waals surface area contributed by atoms with Crippen LogP contribution in [-0.2, 0) is 22.4 Å². The van der Waals surface area contributed by atoms with E-state index in [0.29, 0.717) is 11.5 Å². The fourth-order valence-electron chi connectivity index (χ4n) is 9.14. The first-order valence-corrected chi connectivity index (χ1v) is 14.9. The van der Waals surface area contributed by atoms with Gasteiger partial charge in [-0.05, 0) is 70.8 Å². The highest BCUT2D eigenvalue weighted by Crippen LogP contribution is 2.66. The Labute approximate surface area is 247 Å². The molecule has 6 N–H and O–H groups in total. The van der Waals surface area contributed by atoms with Crippen LogP contribution in [0.5, 0.6) is 5.75 Å². The monoisotopic (exact) mass is 577 g/mol. The summed E-state index contributed by atoms with van der Waals surface area (Å²) in [6.07, 6.45) is -2.06. The number of aliphatic hydroxyl groups excluding tert-OH is 2. The molecule has 0 heterocycles. The first-order valence-electron chi connectivity index (χ1n) is 14.9. The van der Waals surface area contributed by atoms with Crippen molar-refractivity contribution in [3.63, 3.8) is 0 Å². The fraction of sp³-hybridized carbons (Fsp3) is 0.559. The molecule has 226 valence electrons. The van der Waals surface area contributed by atoms with Crippen molar-refractivity contribution in [2.75, 3.05) is 0 Å². The van der Waals surface area contributed by atoms with Crippen molar-refractivity contribution >= 4 is 17.5 Å². The van der Waals surface area contributed by atoms with Crippen molar-refractivity contribution in [1.29, 1.82) is 0 Å². The maximum Gasteiger partial charge on any atom is 0.230 e. The predicted molar refractivity (Wildman–Crippen MR) is 157 cm³/mol. The molecule has 42 heavy (non-hydrogen) atoms. The van der Waals surface area contributed by atoms with Gasteiger partial charge in [-0.3, -0.25) is 14.4 Å². The molecule has 0 aliphatic heterocycles. The van der Waals surface area contributed by atoms with Gasteiger partial charge in [-0.1, -0.05) is 71.9 Å². The third kappa shape index (κ3) is 4.09. The van der Waals surface area contributed by atoms with Crippen molar-refractivity contribution in [3.8, 4) is 16.9 Å². The summed E-state index contributed by atoms with van der Waals surface area (Å²) >= 11 is 0. The molecular weight excluding hydrogens is 534 g/mol. The van der Waals surface area contributed by atoms with Crippen LogP contribution < -0.4 is 5.73 Å². The smallest absolute Gasteiger partial charge is 0.230 e. The number of aliphatic hydroxyl groups is 3. The standard InChI is InChI=1S/C34H43NO7/c1-16(2)12-18-8-7-9-19(13-18)20-10-11-22(36)23-21(20)14-32(5)15-33(6)25(17(3)4)28(38)24(31(35)41)29(39)34(33,42)30(40)26(32)27(23)37/h7-11,13,16-17,24-26,28,30,36,38,40,42H,12,14-15H2,1-6H3,(H2,35,41)/t24-,25+,26-,28?,30?,32-,33-,34+/m1/s1. The number of primary amides is 1. The largest absolute Gasteiger partial charge is 0.507 e. The minimum atomic E-state index is -2.52. The van der Waals surface area contributed by atoms with Crippen LogP contribution in [0.25, 0.3) is 11.1 Å². The fourth-order valence-corrected chi connectivity index (χ4v) is 9.14. The molecule has 2 unspecified atom stereocenters. The summed E-state index contributed by atoms with van der Waals surface area (Å²) in [5.41, 5.74) is 4.28. The van der Waals surface area contributed by atoms with E-state index in [2.05, 4.69) is 26.0 Å². The molecule has 2 fully saturated rings. The van der Waals surface area contributed by atoms with Crippen molar-refractivity contribution in [2.45, 2.75) is 78.6 Å². The second kappa shape index (κ2) is 10.00. The molecular formula is C34H43NO7. The Kier molecular flexibility index (Phi) is 7.23. The van der Waals surface area contributed by atoms with Gasteiger partial charge in [0.15, 0.2) is 17.2 Å². The Morgan fingerprint density at radius 3 is 2.33 bits per heavy atom. The number of fused-ring (bicyclic) bond motifs is 3. The van der Waals surface area contributed by atoms with Gasteiger partial charge in [0.2, 0.25) is 5.91 Å². The minimum absolute atomic E-state index is 0.0747. The summed E-state index contributed by atoms with van der Waals surface area (Å²) in [6.45, 7) is 11.5. The van der Waals surface area contributed by atoms with Crippen LogP contribution in [0.2, 0.25) is 0 Å². The molecule has 0 spiro atoms. The second-order valence-electron chi connectivity index (χ2n) is 14.3. The molecule has 2 aromatic carbocycles. The van der Waals surface area contributed by atoms with Gasteiger partial charge < -0.3 is 26.2 Å². The lowest BCUT2D eigenvalue weighted by atomic mass is 9.39. The van der Waals surface area contributed by atoms with E-state index in [1.807, 2.05) is 32.9 Å². The van der Waals surface area contributed by atoms with Crippen LogP contribution in [0.3, 0.4) is 0 Å². The number of hydrogen-bond donors (Lipinski definition) is 5. The molecule has 3 aliphatic rings. The highest BCUT2D eigenvalue weighted by atomic mass is 16.4. The Morgan fingerprint density at radius 2 is 1.74 bits per heavy atom. The van der Waals surface area contributed by atoms with Gasteiger partial charge in [0, 0.05) is 5.41 Å². The summed E-state index contributed by atoms with van der Waals surface area (Å²) in [5, 5.41) is 46.5. The zero-order chi connectivity index (χ0) is 31.1. The summed E-state index contributed by atoms with van der Waals surface area (Å²) in [4.78, 5) is 40.5. The second-order valence-corrected chi connectivity index (χ2v) is 14.3. The lowest BCUT2D eigenvalue weighted by Gasteiger charge is -2.66. The molecule has 0 radical (unpaired) electrons. The Morgan fingerprint density at radius 1 is 1.07 bits per heavy atom. The molecule has 8 atom stereocenters. The maximum atomic E-state index is 14.3. The molecule has 5 rings (SSSR count). The van der Waals surface area contributed by atoms with Gasteiger partial charge in [-0.25, -0.2) is 0 Å². The molecule has 8 nitrogen and oxygen atoms in total. The zero-order valence-corrected chi connectivity index (χ0v) is 25.2. The number of nitrogens with two attached hydrogens (primary N) is 1. The maximum absolute atomic E-state index is 14.3. The molecule has 1 amide bonds. The third-order valence-corrected chi connectivity index (χ3v) is 10.5. The lowest BCUT2D eigenvalue weighted by molar-refractivity contribution is -0.265. The van der Waals surface area contributed by atoms with E-state index in [-0.39, 0.29) is 30.1 Å². The van der Waals surface area contributed by atoms with E-state index in [0.717, 1.165) is 23.1 Å². The summed E-state index contributed by atoms with van der Waals surface area (Å²) in [7, 11) is 0. The topological polar surface area (TPSA) is 158 Å². The van der Waals surface area contributed by atoms with Gasteiger partial charge >= 0.3 is 0 Å². The Hall–Kier alpha value is -3.07. The van der Waals surface area contributed by atoms with Crippen LogP contribution in [0.4, 0.5) is 0 Å². The summed E-state index contributed by atoms with van der Waals surface area (Å²) < 4.78 is 0. The van der Waals surface area contributed by atoms with Crippen molar-refractivity contribution in [2.24, 2.45) is 46.2 Å². The number of carbonyl (C=O) groups is 3. The summed E-state index contributed by atoms with van der Waals surface area (Å²) in [6, 6.07) is 11.4. The average molecular weight is 578 g/mol. The summed E-state index contributed by atoms with van der Waals surface area (Å²) in [5.74, 6) is -6.52. The molecule has 0 bridgehead atoms. The Balaban J connectivity index is 1.70. The van der Waals surface area contributed by atoms with Gasteiger partial charge in [0.1, 0.15) is 17.8 Å². The van der Waals surface area contributed by atoms with E-state index < -0.39 is 63.9 Å². The van der Waals surface area contributed by atoms with Gasteiger partial charge in [0.05, 0.1) is 17.6 Å². The van der Waals surface area contributed by atoms with E-state index in [4.69, 9.17) is 5.73 Å². The quantitative estimate of drug-likeness (QED) is 0.341. The van der Waals surface area contributed by atoms with Crippen LogP contribution in [0, 0.1) is 40.4 Å². The number of phenolic OH excluding ortho intramolecular Hbond substituents is 1. The van der Waals surface area contributed by atoms with Crippen molar-refractivity contribution < 1.29 is 34.8 Å². The number of Topliss-reactive ketones (excluding diaryl/α,β-unsaturated/α-hetero) is 2. The first-order chi connectivity index (χ1) is 19.5. The number of phenols is 1. The molecule has 3 aliphatic carbocycles.